The molecule has 0 spiro atoms. The number of phenolic OH excluding ortho intramolecular Hbond substituents is 3. The molecule has 2 aromatic carbocycles. The average Bonchev–Trinajstić information content (AvgIpc) is 3.11. The van der Waals surface area contributed by atoms with Gasteiger partial charge in [-0.25, -0.2) is 0 Å². The molecule has 0 saturated carbocycles. The highest BCUT2D eigenvalue weighted by Crippen LogP contribution is 2.56. The van der Waals surface area contributed by atoms with Crippen LogP contribution in [0.25, 0.3) is 0 Å². The molecule has 13 atom stereocenters. The molecule has 7 rings (SSSR count). The number of ketones is 2. The number of phenols is 3. The SMILES string of the molecule is CC[C@@]1(O)C[C@H](O[C@H]2C[C@H](O)[C@H](O[C@H]3CC[C@H](O[C@H]4CC[C@H](O)[C@H](C)O4)[C@H](C)O3)[C@H](C)O2)c2c(O)c3c(c(O)c2[C@H]1O)C(=O)c1cccc(O)c1C3=O. The number of hydrogen-bond donors (Lipinski definition) is 7. The standard InChI is InChI=1S/C38H48O15/c1-5-38(47)14-23(28-31(37(38)46)35(45)29-30(34(28)44)33(43)27-18(32(29)42)7-6-8-20(27)40)52-26-13-21(41)36(17(4)50-26)53-25-12-10-22(16(3)49-25)51-24-11-9-19(39)15(2)48-24/h6-8,15-17,19,21-26,36-37,39-41,44-47H,5,9-14H2,1-4H3/t15-,16-,17-,19-,21-,22-,23-,24-,25-,26-,36+,37+,38+/m0/s1. The first-order chi connectivity index (χ1) is 25.1. The number of aliphatic hydroxyl groups excluding tert-OH is 3. The fourth-order valence-electron chi connectivity index (χ4n) is 8.40. The van der Waals surface area contributed by atoms with Crippen LogP contribution in [0.1, 0.15) is 128 Å². The third kappa shape index (κ3) is 6.64. The molecule has 3 heterocycles. The molecular weight excluding hydrogens is 696 g/mol. The molecule has 0 bridgehead atoms. The Labute approximate surface area is 306 Å². The van der Waals surface area contributed by atoms with E-state index in [1.165, 1.54) is 18.2 Å². The summed E-state index contributed by atoms with van der Waals surface area (Å²) in [6.45, 7) is 6.97. The molecule has 2 aliphatic carbocycles. The Balaban J connectivity index is 1.07. The topological polar surface area (TPSA) is 231 Å². The van der Waals surface area contributed by atoms with Crippen molar-refractivity contribution in [1.82, 2.24) is 0 Å². The molecule has 0 amide bonds. The zero-order valence-electron chi connectivity index (χ0n) is 30.0. The van der Waals surface area contributed by atoms with Crippen molar-refractivity contribution >= 4 is 11.6 Å². The van der Waals surface area contributed by atoms with E-state index < -0.39 is 101 Å². The molecule has 3 fully saturated rings. The maximum atomic E-state index is 13.7. The van der Waals surface area contributed by atoms with E-state index in [4.69, 9.17) is 28.4 Å². The van der Waals surface area contributed by atoms with Gasteiger partial charge in [0.2, 0.25) is 5.78 Å². The summed E-state index contributed by atoms with van der Waals surface area (Å²) in [4.78, 5) is 27.3. The molecule has 5 aliphatic rings. The molecule has 7 N–H and O–H groups in total. The number of aliphatic hydroxyl groups is 4. The first-order valence-electron chi connectivity index (χ1n) is 18.4. The lowest BCUT2D eigenvalue weighted by Crippen LogP contribution is -2.53. The fourth-order valence-corrected chi connectivity index (χ4v) is 8.40. The van der Waals surface area contributed by atoms with Crippen LogP contribution >= 0.6 is 0 Å². The number of ether oxygens (including phenoxy) is 6. The van der Waals surface area contributed by atoms with Crippen LogP contribution in [-0.2, 0) is 28.4 Å². The van der Waals surface area contributed by atoms with E-state index in [0.29, 0.717) is 25.7 Å². The molecule has 15 heteroatoms. The lowest BCUT2D eigenvalue weighted by molar-refractivity contribution is -0.321. The van der Waals surface area contributed by atoms with Crippen LogP contribution in [0.15, 0.2) is 18.2 Å². The van der Waals surface area contributed by atoms with Crippen molar-refractivity contribution in [2.45, 2.75) is 152 Å². The van der Waals surface area contributed by atoms with Crippen molar-refractivity contribution in [2.24, 2.45) is 0 Å². The Hall–Kier alpha value is -3.22. The first-order valence-corrected chi connectivity index (χ1v) is 18.4. The van der Waals surface area contributed by atoms with Gasteiger partial charge in [0.1, 0.15) is 29.5 Å². The van der Waals surface area contributed by atoms with Crippen molar-refractivity contribution in [3.8, 4) is 17.2 Å². The number of hydrogen-bond acceptors (Lipinski definition) is 15. The van der Waals surface area contributed by atoms with Gasteiger partial charge >= 0.3 is 0 Å². The second-order valence-electron chi connectivity index (χ2n) is 14.9. The molecule has 3 saturated heterocycles. The Morgan fingerprint density at radius 2 is 1.38 bits per heavy atom. The van der Waals surface area contributed by atoms with E-state index in [2.05, 4.69) is 0 Å². The minimum atomic E-state index is -1.89. The van der Waals surface area contributed by atoms with Crippen LogP contribution < -0.4 is 0 Å². The van der Waals surface area contributed by atoms with Crippen molar-refractivity contribution in [3.05, 3.63) is 51.6 Å². The number of rotatable bonds is 7. The quantitative estimate of drug-likeness (QED) is 0.173. The summed E-state index contributed by atoms with van der Waals surface area (Å²) >= 11 is 0. The van der Waals surface area contributed by atoms with Crippen LogP contribution in [-0.4, -0.2) is 115 Å². The van der Waals surface area contributed by atoms with Crippen molar-refractivity contribution in [1.29, 1.82) is 0 Å². The molecule has 0 radical (unpaired) electrons. The van der Waals surface area contributed by atoms with E-state index in [9.17, 15) is 45.3 Å². The lowest BCUT2D eigenvalue weighted by atomic mass is 9.70. The molecule has 0 aromatic heterocycles. The number of carbonyl (C=O) groups is 2. The zero-order valence-corrected chi connectivity index (χ0v) is 30.0. The Bertz CT molecular complexity index is 1730. The van der Waals surface area contributed by atoms with Crippen molar-refractivity contribution < 1.29 is 73.8 Å². The Morgan fingerprint density at radius 1 is 0.736 bits per heavy atom. The highest BCUT2D eigenvalue weighted by Gasteiger charge is 2.52. The van der Waals surface area contributed by atoms with E-state index >= 15 is 0 Å². The van der Waals surface area contributed by atoms with Gasteiger partial charge in [0.25, 0.3) is 0 Å². The molecule has 3 aliphatic heterocycles. The van der Waals surface area contributed by atoms with Gasteiger partial charge in [-0.1, -0.05) is 19.1 Å². The summed E-state index contributed by atoms with van der Waals surface area (Å²) < 4.78 is 36.7. The van der Waals surface area contributed by atoms with Gasteiger partial charge in [-0.15, -0.1) is 0 Å². The van der Waals surface area contributed by atoms with Crippen LogP contribution in [0, 0.1) is 0 Å². The summed E-state index contributed by atoms with van der Waals surface area (Å²) in [7, 11) is 0. The van der Waals surface area contributed by atoms with E-state index in [1.807, 2.05) is 6.92 Å². The summed E-state index contributed by atoms with van der Waals surface area (Å²) in [6.07, 6.45) is -7.59. The molecule has 15 nitrogen and oxygen atoms in total. The van der Waals surface area contributed by atoms with Crippen LogP contribution in [0.3, 0.4) is 0 Å². The molecule has 0 unspecified atom stereocenters. The molecule has 290 valence electrons. The summed E-state index contributed by atoms with van der Waals surface area (Å²) in [5.41, 5.74) is -4.14. The van der Waals surface area contributed by atoms with Gasteiger partial charge in [-0.05, 0) is 46.1 Å². The van der Waals surface area contributed by atoms with Crippen LogP contribution in [0.5, 0.6) is 17.2 Å². The zero-order chi connectivity index (χ0) is 38.1. The van der Waals surface area contributed by atoms with Gasteiger partial charge in [0.05, 0.1) is 65.0 Å². The number of aromatic hydroxyl groups is 3. The number of fused-ring (bicyclic) bond motifs is 3. The van der Waals surface area contributed by atoms with Crippen LogP contribution in [0.4, 0.5) is 0 Å². The van der Waals surface area contributed by atoms with Crippen molar-refractivity contribution in [2.75, 3.05) is 0 Å². The summed E-state index contributed by atoms with van der Waals surface area (Å²) in [5, 5.41) is 77.8. The normalized spacial score (nSPS) is 38.6. The van der Waals surface area contributed by atoms with E-state index in [0.717, 1.165) is 0 Å². The minimum Gasteiger partial charge on any atom is -0.507 e. The van der Waals surface area contributed by atoms with Gasteiger partial charge < -0.3 is 64.2 Å². The third-order valence-corrected chi connectivity index (χ3v) is 11.5. The smallest absolute Gasteiger partial charge is 0.202 e. The summed E-state index contributed by atoms with van der Waals surface area (Å²) in [5.74, 6) is -3.81. The Morgan fingerprint density at radius 3 is 2.06 bits per heavy atom. The molecule has 2 aromatic rings. The highest BCUT2D eigenvalue weighted by atomic mass is 16.7. The Kier molecular flexibility index (Phi) is 10.4. The van der Waals surface area contributed by atoms with Gasteiger partial charge in [-0.3, -0.25) is 9.59 Å². The predicted molar refractivity (Wildman–Crippen MR) is 181 cm³/mol. The maximum Gasteiger partial charge on any atom is 0.202 e. The minimum absolute atomic E-state index is 0.0174. The monoisotopic (exact) mass is 744 g/mol. The summed E-state index contributed by atoms with van der Waals surface area (Å²) in [6, 6.07) is 3.88. The molecular formula is C38H48O15. The third-order valence-electron chi connectivity index (χ3n) is 11.5. The first kappa shape index (κ1) is 38.1. The maximum absolute atomic E-state index is 13.7. The van der Waals surface area contributed by atoms with Crippen LogP contribution in [0.2, 0.25) is 0 Å². The molecule has 53 heavy (non-hydrogen) atoms. The van der Waals surface area contributed by atoms with Gasteiger partial charge in [0, 0.05) is 42.4 Å². The van der Waals surface area contributed by atoms with E-state index in [1.54, 1.807) is 20.8 Å². The van der Waals surface area contributed by atoms with E-state index in [-0.39, 0.29) is 59.8 Å². The lowest BCUT2D eigenvalue weighted by Gasteiger charge is -2.45. The second kappa shape index (κ2) is 14.5. The second-order valence-corrected chi connectivity index (χ2v) is 14.9. The number of carbonyl (C=O) groups excluding carboxylic acids is 2. The van der Waals surface area contributed by atoms with Gasteiger partial charge in [-0.2, -0.15) is 0 Å². The highest BCUT2D eigenvalue weighted by molar-refractivity contribution is 6.31. The largest absolute Gasteiger partial charge is 0.507 e. The van der Waals surface area contributed by atoms with Gasteiger partial charge in [0.15, 0.2) is 24.7 Å². The average molecular weight is 745 g/mol. The fraction of sp³-hybridized carbons (Fsp3) is 0.632. The predicted octanol–water partition coefficient (Wildman–Crippen LogP) is 2.89. The van der Waals surface area contributed by atoms with Crippen molar-refractivity contribution in [3.63, 3.8) is 0 Å². The number of benzene rings is 2.